The topological polar surface area (TPSA) is 41.8 Å². The van der Waals surface area contributed by atoms with Crippen molar-refractivity contribution in [1.82, 2.24) is 0 Å². The molecular formula is C14H12N3O+. The Hall–Kier alpha value is -2.33. The van der Waals surface area contributed by atoms with Crippen molar-refractivity contribution in [2.24, 2.45) is 10.2 Å². The SMILES string of the molecule is C[N+]1(C(=O)c2ccccc2)N=c2ccccc2=N1. The molecule has 4 nitrogen and oxygen atoms in total. The van der Waals surface area contributed by atoms with Crippen LogP contribution in [0.5, 0.6) is 0 Å². The molecule has 0 atom stereocenters. The van der Waals surface area contributed by atoms with Crippen LogP contribution in [-0.4, -0.2) is 17.7 Å². The Morgan fingerprint density at radius 2 is 1.39 bits per heavy atom. The predicted octanol–water partition coefficient (Wildman–Crippen LogP) is 1.06. The number of benzene rings is 2. The fraction of sp³-hybridized carbons (Fsp3) is 0.0714. The highest BCUT2D eigenvalue weighted by Crippen LogP contribution is 2.14. The number of carbonyl (C=O) groups is 1. The van der Waals surface area contributed by atoms with Gasteiger partial charge in [0, 0.05) is 0 Å². The standard InChI is InChI=1S/C14H12N3O/c1-17(14(18)11-7-3-2-4-8-11)15-12-9-5-6-10-13(12)16-17/h2-10H,1H3/q+1. The van der Waals surface area contributed by atoms with E-state index in [1.54, 1.807) is 19.2 Å². The zero-order chi connectivity index (χ0) is 12.6. The zero-order valence-corrected chi connectivity index (χ0v) is 9.95. The summed E-state index contributed by atoms with van der Waals surface area (Å²) in [5.41, 5.74) is 0.611. The first-order chi connectivity index (χ1) is 8.69. The molecule has 2 aromatic rings. The summed E-state index contributed by atoms with van der Waals surface area (Å²) in [6, 6.07) is 16.6. The van der Waals surface area contributed by atoms with E-state index in [1.807, 2.05) is 42.5 Å². The molecule has 0 aliphatic carbocycles. The van der Waals surface area contributed by atoms with E-state index in [1.165, 1.54) is 0 Å². The number of hydrogen-bond acceptors (Lipinski definition) is 3. The van der Waals surface area contributed by atoms with Crippen LogP contribution in [0, 0.1) is 0 Å². The third-order valence-electron chi connectivity index (χ3n) is 2.89. The minimum Gasteiger partial charge on any atom is -0.220 e. The average molecular weight is 238 g/mol. The summed E-state index contributed by atoms with van der Waals surface area (Å²) in [5, 5.41) is 10.3. The van der Waals surface area contributed by atoms with E-state index < -0.39 is 0 Å². The fourth-order valence-electron chi connectivity index (χ4n) is 1.99. The summed E-state index contributed by atoms with van der Waals surface area (Å²) in [4.78, 5) is 12.4. The van der Waals surface area contributed by atoms with E-state index in [9.17, 15) is 4.79 Å². The minimum atomic E-state index is -0.302. The fourth-order valence-corrected chi connectivity index (χ4v) is 1.99. The molecule has 0 saturated carbocycles. The van der Waals surface area contributed by atoms with Gasteiger partial charge in [0.25, 0.3) is 0 Å². The van der Waals surface area contributed by atoms with Gasteiger partial charge in [-0.2, -0.15) is 0 Å². The molecule has 0 saturated heterocycles. The summed E-state index contributed by atoms with van der Waals surface area (Å²) in [5.74, 6) is -0.133. The van der Waals surface area contributed by atoms with Gasteiger partial charge in [-0.3, -0.25) is 0 Å². The number of carbonyl (C=O) groups excluding carboxylic acids is 1. The Bertz CT molecular complexity index is 687. The molecule has 18 heavy (non-hydrogen) atoms. The lowest BCUT2D eigenvalue weighted by molar-refractivity contribution is -0.844. The maximum Gasteiger partial charge on any atom is 0.398 e. The first-order valence-electron chi connectivity index (χ1n) is 5.71. The third-order valence-corrected chi connectivity index (χ3v) is 2.89. The van der Waals surface area contributed by atoms with Gasteiger partial charge in [0.05, 0.1) is 5.56 Å². The molecule has 88 valence electrons. The molecule has 0 fully saturated rings. The van der Waals surface area contributed by atoms with Crippen LogP contribution in [-0.2, 0) is 0 Å². The number of quaternary nitrogens is 1. The second-order valence-electron chi connectivity index (χ2n) is 4.27. The molecule has 0 unspecified atom stereocenters. The zero-order valence-electron chi connectivity index (χ0n) is 9.95. The van der Waals surface area contributed by atoms with Crippen molar-refractivity contribution in [3.63, 3.8) is 0 Å². The monoisotopic (exact) mass is 238 g/mol. The van der Waals surface area contributed by atoms with Crippen LogP contribution in [0.4, 0.5) is 0 Å². The second-order valence-corrected chi connectivity index (χ2v) is 4.27. The van der Waals surface area contributed by atoms with E-state index in [0.717, 1.165) is 10.7 Å². The second kappa shape index (κ2) is 3.85. The van der Waals surface area contributed by atoms with E-state index >= 15 is 0 Å². The normalized spacial score (nSPS) is 15.4. The Balaban J connectivity index is 2.10. The van der Waals surface area contributed by atoms with Crippen LogP contribution in [0.15, 0.2) is 64.8 Å². The van der Waals surface area contributed by atoms with E-state index in [4.69, 9.17) is 0 Å². The summed E-state index contributed by atoms with van der Waals surface area (Å²) >= 11 is 0. The molecule has 3 rings (SSSR count). The Morgan fingerprint density at radius 3 is 1.94 bits per heavy atom. The minimum absolute atomic E-state index is 0.133. The lowest BCUT2D eigenvalue weighted by atomic mass is 10.2. The van der Waals surface area contributed by atoms with Crippen LogP contribution in [0.25, 0.3) is 0 Å². The van der Waals surface area contributed by atoms with Gasteiger partial charge in [0.15, 0.2) is 10.7 Å². The molecule has 1 aliphatic heterocycles. The van der Waals surface area contributed by atoms with E-state index in [0.29, 0.717) is 5.56 Å². The van der Waals surface area contributed by atoms with Crippen molar-refractivity contribution in [2.45, 2.75) is 0 Å². The molecule has 0 radical (unpaired) electrons. The number of rotatable bonds is 1. The Kier molecular flexibility index (Phi) is 2.31. The average Bonchev–Trinajstić information content (AvgIpc) is 2.76. The highest BCUT2D eigenvalue weighted by molar-refractivity contribution is 5.88. The summed E-state index contributed by atoms with van der Waals surface area (Å²) < 4.78 is -0.302. The largest absolute Gasteiger partial charge is 0.398 e. The third kappa shape index (κ3) is 1.63. The molecule has 0 N–H and O–H groups in total. The van der Waals surface area contributed by atoms with Gasteiger partial charge in [-0.1, -0.05) is 30.3 Å². The Labute approximate surface area is 104 Å². The van der Waals surface area contributed by atoms with E-state index in [-0.39, 0.29) is 10.6 Å². The van der Waals surface area contributed by atoms with Gasteiger partial charge in [0.1, 0.15) is 7.05 Å². The maximum atomic E-state index is 12.4. The predicted molar refractivity (Wildman–Crippen MR) is 65.7 cm³/mol. The summed E-state index contributed by atoms with van der Waals surface area (Å²) in [7, 11) is 1.69. The van der Waals surface area contributed by atoms with Crippen molar-refractivity contribution in [3.05, 3.63) is 70.9 Å². The van der Waals surface area contributed by atoms with Crippen molar-refractivity contribution in [2.75, 3.05) is 7.05 Å². The highest BCUT2D eigenvalue weighted by atomic mass is 16.2. The molecular weight excluding hydrogens is 226 g/mol. The highest BCUT2D eigenvalue weighted by Gasteiger charge is 2.36. The van der Waals surface area contributed by atoms with Gasteiger partial charge in [-0.05, 0) is 39.2 Å². The van der Waals surface area contributed by atoms with Crippen LogP contribution >= 0.6 is 0 Å². The molecule has 0 bridgehead atoms. The molecule has 4 heteroatoms. The summed E-state index contributed by atoms with van der Waals surface area (Å²) in [6.45, 7) is 0. The number of nitrogens with zero attached hydrogens (tertiary/aromatic N) is 3. The van der Waals surface area contributed by atoms with Crippen molar-refractivity contribution in [1.29, 1.82) is 0 Å². The Morgan fingerprint density at radius 1 is 0.889 bits per heavy atom. The smallest absolute Gasteiger partial charge is 0.220 e. The van der Waals surface area contributed by atoms with Crippen LogP contribution in [0.1, 0.15) is 10.4 Å². The van der Waals surface area contributed by atoms with Gasteiger partial charge < -0.3 is 0 Å². The lowest BCUT2D eigenvalue weighted by Gasteiger charge is -2.14. The molecule has 1 amide bonds. The van der Waals surface area contributed by atoms with E-state index in [2.05, 4.69) is 10.2 Å². The van der Waals surface area contributed by atoms with Crippen LogP contribution < -0.4 is 10.7 Å². The molecule has 2 aromatic carbocycles. The molecule has 0 aromatic heterocycles. The van der Waals surface area contributed by atoms with Crippen molar-refractivity contribution >= 4 is 5.91 Å². The number of hydrogen-bond donors (Lipinski definition) is 0. The van der Waals surface area contributed by atoms with Crippen molar-refractivity contribution < 1.29 is 9.50 Å². The molecule has 1 heterocycles. The lowest BCUT2D eigenvalue weighted by Crippen LogP contribution is -2.38. The molecule has 1 aliphatic rings. The number of fused-ring (bicyclic) bond motifs is 1. The van der Waals surface area contributed by atoms with Gasteiger partial charge in [-0.15, -0.1) is 0 Å². The quantitative estimate of drug-likeness (QED) is 0.685. The first-order valence-corrected chi connectivity index (χ1v) is 5.71. The molecule has 0 spiro atoms. The maximum absolute atomic E-state index is 12.4. The van der Waals surface area contributed by atoms with Gasteiger partial charge in [-0.25, -0.2) is 4.79 Å². The van der Waals surface area contributed by atoms with Crippen molar-refractivity contribution in [3.8, 4) is 0 Å². The summed E-state index contributed by atoms with van der Waals surface area (Å²) in [6.07, 6.45) is 0. The number of amides is 1. The van der Waals surface area contributed by atoms with Gasteiger partial charge in [0.2, 0.25) is 0 Å². The van der Waals surface area contributed by atoms with Crippen LogP contribution in [0.3, 0.4) is 0 Å². The first kappa shape index (κ1) is 10.8. The van der Waals surface area contributed by atoms with Crippen LogP contribution in [0.2, 0.25) is 0 Å². The van der Waals surface area contributed by atoms with Gasteiger partial charge >= 0.3 is 5.91 Å².